The molecule has 13 heteroatoms. The number of carboxylic acids is 1. The number of aromatic nitrogens is 1. The van der Waals surface area contributed by atoms with Crippen molar-refractivity contribution in [2.75, 3.05) is 5.32 Å². The van der Waals surface area contributed by atoms with Gasteiger partial charge in [-0.1, -0.05) is 53.5 Å². The second kappa shape index (κ2) is 16.3. The predicted molar refractivity (Wildman–Crippen MR) is 203 cm³/mol. The summed E-state index contributed by atoms with van der Waals surface area (Å²) in [4.78, 5) is 41.2. The zero-order chi connectivity index (χ0) is 37.6. The van der Waals surface area contributed by atoms with Gasteiger partial charge >= 0.3 is 5.97 Å². The van der Waals surface area contributed by atoms with E-state index in [1.54, 1.807) is 66.9 Å². The number of hydrogen-bond donors (Lipinski definition) is 3. The molecule has 3 N–H and O–H groups in total. The number of pyridine rings is 1. The van der Waals surface area contributed by atoms with Crippen molar-refractivity contribution < 1.29 is 38.1 Å². The van der Waals surface area contributed by atoms with Gasteiger partial charge in [0.1, 0.15) is 17.2 Å². The molecular formula is C41H33Cl2N3O8. The Kier molecular flexibility index (Phi) is 11.0. The van der Waals surface area contributed by atoms with Crippen LogP contribution in [0.3, 0.4) is 0 Å². The van der Waals surface area contributed by atoms with Crippen molar-refractivity contribution in [3.63, 3.8) is 0 Å². The number of carbonyl (C=O) groups is 3. The fourth-order valence-electron chi connectivity index (χ4n) is 6.17. The smallest absolute Gasteiger partial charge is 0.337 e. The summed E-state index contributed by atoms with van der Waals surface area (Å²) in [5.41, 5.74) is 0.901. The van der Waals surface area contributed by atoms with Gasteiger partial charge in [0.2, 0.25) is 11.8 Å². The number of para-hydroxylation sites is 1. The van der Waals surface area contributed by atoms with E-state index in [1.807, 2.05) is 36.4 Å². The molecular weight excluding hydrogens is 733 g/mol. The van der Waals surface area contributed by atoms with Crippen LogP contribution in [0.2, 0.25) is 10.0 Å². The number of halogens is 2. The summed E-state index contributed by atoms with van der Waals surface area (Å²) in [7, 11) is 0. The van der Waals surface area contributed by atoms with E-state index in [1.165, 1.54) is 6.07 Å². The van der Waals surface area contributed by atoms with Crippen LogP contribution in [0.5, 0.6) is 29.1 Å². The molecule has 1 fully saturated rings. The van der Waals surface area contributed by atoms with Crippen molar-refractivity contribution in [2.45, 2.75) is 44.2 Å². The minimum absolute atomic E-state index is 0.00705. The van der Waals surface area contributed by atoms with Gasteiger partial charge in [0.25, 0.3) is 11.9 Å². The van der Waals surface area contributed by atoms with Crippen molar-refractivity contribution >= 4 is 57.4 Å². The Morgan fingerprint density at radius 1 is 0.778 bits per heavy atom. The van der Waals surface area contributed by atoms with Crippen molar-refractivity contribution in [3.05, 3.63) is 136 Å². The van der Waals surface area contributed by atoms with E-state index in [0.717, 1.165) is 42.2 Å². The molecule has 0 spiro atoms. The Morgan fingerprint density at radius 3 is 2.22 bits per heavy atom. The van der Waals surface area contributed by atoms with Crippen LogP contribution in [0, 0.1) is 0 Å². The van der Waals surface area contributed by atoms with Crippen LogP contribution in [0.25, 0.3) is 10.8 Å². The summed E-state index contributed by atoms with van der Waals surface area (Å²) in [5, 5.41) is 17.8. The van der Waals surface area contributed by atoms with E-state index in [4.69, 9.17) is 41.8 Å². The van der Waals surface area contributed by atoms with Gasteiger partial charge < -0.3 is 34.4 Å². The Balaban J connectivity index is 0.869. The van der Waals surface area contributed by atoms with Gasteiger partial charge in [0.05, 0.1) is 23.8 Å². The van der Waals surface area contributed by atoms with Gasteiger partial charge in [-0.2, -0.15) is 0 Å². The molecule has 1 aliphatic rings. The third kappa shape index (κ3) is 9.30. The Labute approximate surface area is 319 Å². The second-order valence-corrected chi connectivity index (χ2v) is 13.6. The maximum absolute atomic E-state index is 12.9. The third-order valence-electron chi connectivity index (χ3n) is 8.77. The molecule has 11 nitrogen and oxygen atoms in total. The fourth-order valence-corrected chi connectivity index (χ4v) is 6.67. The van der Waals surface area contributed by atoms with Gasteiger partial charge in [-0.15, -0.1) is 0 Å². The Bertz CT molecular complexity index is 2300. The average Bonchev–Trinajstić information content (AvgIpc) is 3.61. The van der Waals surface area contributed by atoms with Gasteiger partial charge in [-0.05, 0) is 103 Å². The number of furan rings is 1. The van der Waals surface area contributed by atoms with E-state index in [2.05, 4.69) is 15.6 Å². The van der Waals surface area contributed by atoms with Crippen LogP contribution in [-0.4, -0.2) is 40.0 Å². The van der Waals surface area contributed by atoms with Crippen LogP contribution in [0.4, 0.5) is 5.69 Å². The van der Waals surface area contributed by atoms with Gasteiger partial charge in [0.15, 0.2) is 5.76 Å². The van der Waals surface area contributed by atoms with Crippen molar-refractivity contribution in [1.82, 2.24) is 10.3 Å². The number of carboxylic acid groups (broad SMARTS) is 1. The lowest BCUT2D eigenvalue weighted by atomic mass is 9.93. The lowest BCUT2D eigenvalue weighted by molar-refractivity contribution is -0.115. The predicted octanol–water partition coefficient (Wildman–Crippen LogP) is 9.72. The molecule has 1 saturated carbocycles. The Morgan fingerprint density at radius 2 is 1.50 bits per heavy atom. The second-order valence-electron chi connectivity index (χ2n) is 12.7. The zero-order valence-electron chi connectivity index (χ0n) is 28.6. The van der Waals surface area contributed by atoms with Crippen LogP contribution in [-0.2, 0) is 11.2 Å². The molecule has 0 radical (unpaired) electrons. The highest BCUT2D eigenvalue weighted by Crippen LogP contribution is 2.32. The van der Waals surface area contributed by atoms with E-state index >= 15 is 0 Å². The summed E-state index contributed by atoms with van der Waals surface area (Å²) in [6.07, 6.45) is 4.69. The number of nitrogens with zero attached hydrogens (tertiary/aromatic N) is 1. The van der Waals surface area contributed by atoms with Crippen molar-refractivity contribution in [1.29, 1.82) is 0 Å². The lowest BCUT2D eigenvalue weighted by Gasteiger charge is -2.29. The normalized spacial score (nSPS) is 15.3. The summed E-state index contributed by atoms with van der Waals surface area (Å²) in [5.74, 6) is 0.648. The summed E-state index contributed by atoms with van der Waals surface area (Å²) >= 11 is 12.1. The van der Waals surface area contributed by atoms with Gasteiger partial charge in [0, 0.05) is 34.4 Å². The highest BCUT2D eigenvalue weighted by Gasteiger charge is 2.25. The molecule has 2 heterocycles. The molecule has 7 rings (SSSR count). The lowest BCUT2D eigenvalue weighted by Crippen LogP contribution is -2.39. The van der Waals surface area contributed by atoms with E-state index in [-0.39, 0.29) is 53.3 Å². The molecule has 2 amide bonds. The largest absolute Gasteiger partial charge is 0.490 e. The number of aromatic carboxylic acids is 1. The monoisotopic (exact) mass is 765 g/mol. The van der Waals surface area contributed by atoms with Gasteiger partial charge in [-0.25, -0.2) is 9.78 Å². The number of benzene rings is 4. The SMILES string of the molecule is O=C(Cc1ccc(Oc2ccc3cc(OC4CCC(NC(=O)c5ccc(Oc6cc(Cl)cc(Cl)c6)o5)CC4)ccc3c2)nc1)Nc1ccccc1C(=O)O. The Hall–Kier alpha value is -6.04. The molecule has 0 saturated heterocycles. The quantitative estimate of drug-likeness (QED) is 0.111. The zero-order valence-corrected chi connectivity index (χ0v) is 30.1. The van der Waals surface area contributed by atoms with Crippen LogP contribution >= 0.6 is 23.2 Å². The molecule has 0 bridgehead atoms. The van der Waals surface area contributed by atoms with Crippen molar-refractivity contribution in [2.24, 2.45) is 0 Å². The highest BCUT2D eigenvalue weighted by atomic mass is 35.5. The van der Waals surface area contributed by atoms with Crippen LogP contribution < -0.4 is 24.8 Å². The summed E-state index contributed by atoms with van der Waals surface area (Å²) in [6, 6.07) is 29.2. The number of rotatable bonds is 12. The first-order chi connectivity index (χ1) is 26.1. The molecule has 6 aromatic rings. The first-order valence-corrected chi connectivity index (χ1v) is 17.9. The minimum atomic E-state index is -1.12. The number of ether oxygens (including phenoxy) is 3. The third-order valence-corrected chi connectivity index (χ3v) is 9.21. The summed E-state index contributed by atoms with van der Waals surface area (Å²) < 4.78 is 23.6. The van der Waals surface area contributed by atoms with Crippen LogP contribution in [0.15, 0.2) is 114 Å². The number of nitrogens with one attached hydrogen (secondary N) is 2. The first-order valence-electron chi connectivity index (χ1n) is 17.1. The number of anilines is 1. The molecule has 1 aliphatic carbocycles. The highest BCUT2D eigenvalue weighted by molar-refractivity contribution is 6.34. The number of amides is 2. The van der Waals surface area contributed by atoms with Crippen molar-refractivity contribution in [3.8, 4) is 29.1 Å². The molecule has 4 aromatic carbocycles. The molecule has 0 unspecified atom stereocenters. The van der Waals surface area contributed by atoms with Gasteiger partial charge in [-0.3, -0.25) is 9.59 Å². The molecule has 54 heavy (non-hydrogen) atoms. The first kappa shape index (κ1) is 36.3. The molecule has 0 aliphatic heterocycles. The van der Waals surface area contributed by atoms with E-state index < -0.39 is 5.97 Å². The number of fused-ring (bicyclic) bond motifs is 1. The number of hydrogen-bond acceptors (Lipinski definition) is 8. The minimum Gasteiger partial charge on any atom is -0.490 e. The number of carbonyl (C=O) groups excluding carboxylic acids is 2. The fraction of sp³-hybridized carbons (Fsp3) is 0.171. The maximum Gasteiger partial charge on any atom is 0.337 e. The van der Waals surface area contributed by atoms with E-state index in [0.29, 0.717) is 33.0 Å². The van der Waals surface area contributed by atoms with E-state index in [9.17, 15) is 19.5 Å². The average molecular weight is 767 g/mol. The molecule has 2 aromatic heterocycles. The maximum atomic E-state index is 12.9. The van der Waals surface area contributed by atoms with Crippen LogP contribution in [0.1, 0.15) is 52.2 Å². The standard InChI is InChI=1S/C41H33Cl2N3O8/c42-27-20-28(43)22-33(21-27)53-39-16-14-36(54-39)40(48)45-29-8-12-30(13-9-29)51-31-10-6-26-19-32(11-7-25(26)18-31)52-38-15-5-24(23-44-38)17-37(47)46-35-4-2-1-3-34(35)41(49)50/h1-7,10-11,14-16,18-23,29-30H,8-9,12-13,17H2,(H,45,48)(H,46,47)(H,49,50). The summed E-state index contributed by atoms with van der Waals surface area (Å²) in [6.45, 7) is 0. The molecule has 0 atom stereocenters. The topological polar surface area (TPSA) is 149 Å². The molecule has 274 valence electrons.